The molecule has 0 saturated heterocycles. The third-order valence-corrected chi connectivity index (χ3v) is 3.58. The predicted octanol–water partition coefficient (Wildman–Crippen LogP) is 2.37. The first-order valence-corrected chi connectivity index (χ1v) is 7.50. The van der Waals surface area contributed by atoms with Crippen molar-refractivity contribution in [3.8, 4) is 0 Å². The quantitative estimate of drug-likeness (QED) is 0.922. The number of aryl methyl sites for hydroxylation is 2. The van der Waals surface area contributed by atoms with Crippen LogP contribution in [0.4, 0.5) is 5.69 Å². The van der Waals surface area contributed by atoms with Crippen molar-refractivity contribution in [2.45, 2.75) is 27.3 Å². The molecule has 0 atom stereocenters. The van der Waals surface area contributed by atoms with Gasteiger partial charge in [-0.2, -0.15) is 0 Å². The van der Waals surface area contributed by atoms with Gasteiger partial charge in [0.1, 0.15) is 6.54 Å². The fraction of sp³-hybridized carbons (Fsp3) is 0.278. The zero-order valence-corrected chi connectivity index (χ0v) is 13.7. The van der Waals surface area contributed by atoms with Gasteiger partial charge < -0.3 is 10.2 Å². The Balaban J connectivity index is 2.08. The molecule has 0 aliphatic carbocycles. The molecular weight excluding hydrogens is 290 g/mol. The van der Waals surface area contributed by atoms with Crippen LogP contribution in [0.5, 0.6) is 0 Å². The molecule has 0 radical (unpaired) electrons. The molecule has 2 rings (SSSR count). The molecular formula is C18H21N3O2. The first kappa shape index (κ1) is 16.7. The van der Waals surface area contributed by atoms with Crippen LogP contribution in [0, 0.1) is 13.8 Å². The third kappa shape index (κ3) is 4.39. The average molecular weight is 311 g/mol. The third-order valence-electron chi connectivity index (χ3n) is 3.58. The smallest absolute Gasteiger partial charge is 0.240 e. The molecule has 0 spiro atoms. The molecule has 1 aromatic heterocycles. The number of anilines is 1. The van der Waals surface area contributed by atoms with Crippen molar-refractivity contribution in [2.24, 2.45) is 0 Å². The number of hydrogen-bond donors (Lipinski definition) is 1. The summed E-state index contributed by atoms with van der Waals surface area (Å²) in [6.45, 7) is 5.68. The maximum Gasteiger partial charge on any atom is 0.240 e. The molecule has 0 bridgehead atoms. The highest BCUT2D eigenvalue weighted by atomic mass is 16.2. The summed E-state index contributed by atoms with van der Waals surface area (Å²) in [5.74, 6) is -0.371. The van der Waals surface area contributed by atoms with Gasteiger partial charge in [0.15, 0.2) is 0 Å². The summed E-state index contributed by atoms with van der Waals surface area (Å²) < 4.78 is 0. The number of carbonyl (C=O) groups excluding carboxylic acids is 2. The summed E-state index contributed by atoms with van der Waals surface area (Å²) in [4.78, 5) is 29.9. The van der Waals surface area contributed by atoms with Crippen molar-refractivity contribution in [1.82, 2.24) is 10.3 Å². The standard InChI is InChI=1S/C18H21N3O2/c1-13-7-6-8-14(2)18(13)21(15(3)22)12-17(23)20-11-16-9-4-5-10-19-16/h4-10H,11-12H2,1-3H3,(H,20,23). The van der Waals surface area contributed by atoms with Crippen LogP contribution >= 0.6 is 0 Å². The Kier molecular flexibility index (Phi) is 5.46. The molecule has 1 aromatic carbocycles. The lowest BCUT2D eigenvalue weighted by atomic mass is 10.1. The lowest BCUT2D eigenvalue weighted by Gasteiger charge is -2.24. The van der Waals surface area contributed by atoms with E-state index in [0.717, 1.165) is 22.5 Å². The van der Waals surface area contributed by atoms with Crippen LogP contribution in [-0.2, 0) is 16.1 Å². The van der Waals surface area contributed by atoms with Crippen LogP contribution in [0.3, 0.4) is 0 Å². The summed E-state index contributed by atoms with van der Waals surface area (Å²) in [6, 6.07) is 11.3. The molecule has 0 fully saturated rings. The van der Waals surface area contributed by atoms with Gasteiger partial charge in [-0.1, -0.05) is 24.3 Å². The second-order valence-electron chi connectivity index (χ2n) is 5.44. The molecule has 1 N–H and O–H groups in total. The molecule has 2 amide bonds. The Hall–Kier alpha value is -2.69. The SMILES string of the molecule is CC(=O)N(CC(=O)NCc1ccccn1)c1c(C)cccc1C. The normalized spacial score (nSPS) is 10.2. The van der Waals surface area contributed by atoms with Gasteiger partial charge in [0, 0.05) is 13.1 Å². The Labute approximate surface area is 136 Å². The number of amides is 2. The first-order valence-electron chi connectivity index (χ1n) is 7.50. The Morgan fingerprint density at radius 1 is 1.09 bits per heavy atom. The second kappa shape index (κ2) is 7.54. The van der Waals surface area contributed by atoms with Crippen LogP contribution < -0.4 is 10.2 Å². The minimum atomic E-state index is -0.214. The van der Waals surface area contributed by atoms with E-state index in [9.17, 15) is 9.59 Å². The number of para-hydroxylation sites is 1. The number of nitrogens with one attached hydrogen (secondary N) is 1. The average Bonchev–Trinajstić information content (AvgIpc) is 2.52. The van der Waals surface area contributed by atoms with E-state index in [4.69, 9.17) is 0 Å². The van der Waals surface area contributed by atoms with Gasteiger partial charge in [-0.25, -0.2) is 0 Å². The van der Waals surface area contributed by atoms with Crippen molar-refractivity contribution < 1.29 is 9.59 Å². The van der Waals surface area contributed by atoms with Crippen molar-refractivity contribution in [3.05, 3.63) is 59.4 Å². The van der Waals surface area contributed by atoms with Gasteiger partial charge >= 0.3 is 0 Å². The molecule has 0 aliphatic heterocycles. The summed E-state index contributed by atoms with van der Waals surface area (Å²) in [5.41, 5.74) is 3.52. The molecule has 5 heteroatoms. The van der Waals surface area contributed by atoms with Crippen molar-refractivity contribution in [2.75, 3.05) is 11.4 Å². The van der Waals surface area contributed by atoms with E-state index in [1.54, 1.807) is 6.20 Å². The predicted molar refractivity (Wildman–Crippen MR) is 90.0 cm³/mol. The van der Waals surface area contributed by atoms with Gasteiger partial charge in [-0.3, -0.25) is 14.6 Å². The fourth-order valence-corrected chi connectivity index (χ4v) is 2.47. The zero-order valence-electron chi connectivity index (χ0n) is 13.7. The molecule has 0 unspecified atom stereocenters. The first-order chi connectivity index (χ1) is 11.0. The van der Waals surface area contributed by atoms with E-state index in [1.807, 2.05) is 50.2 Å². The van der Waals surface area contributed by atoms with E-state index in [0.29, 0.717) is 6.54 Å². The number of carbonyl (C=O) groups is 2. The molecule has 0 aliphatic rings. The van der Waals surface area contributed by atoms with Crippen LogP contribution in [0.25, 0.3) is 0 Å². The Morgan fingerprint density at radius 3 is 2.35 bits per heavy atom. The zero-order chi connectivity index (χ0) is 16.8. The Morgan fingerprint density at radius 2 is 1.78 bits per heavy atom. The number of pyridine rings is 1. The summed E-state index contributed by atoms with van der Waals surface area (Å²) in [5, 5.41) is 2.80. The highest BCUT2D eigenvalue weighted by Gasteiger charge is 2.19. The largest absolute Gasteiger partial charge is 0.349 e. The highest BCUT2D eigenvalue weighted by molar-refractivity contribution is 5.98. The van der Waals surface area contributed by atoms with E-state index >= 15 is 0 Å². The van der Waals surface area contributed by atoms with E-state index in [1.165, 1.54) is 11.8 Å². The number of nitrogens with zero attached hydrogens (tertiary/aromatic N) is 2. The molecule has 1 heterocycles. The van der Waals surface area contributed by atoms with Crippen molar-refractivity contribution >= 4 is 17.5 Å². The monoisotopic (exact) mass is 311 g/mol. The number of aromatic nitrogens is 1. The summed E-state index contributed by atoms with van der Waals surface area (Å²) >= 11 is 0. The van der Waals surface area contributed by atoms with Crippen LogP contribution in [0.1, 0.15) is 23.7 Å². The van der Waals surface area contributed by atoms with Crippen LogP contribution in [0.2, 0.25) is 0 Å². The molecule has 0 saturated carbocycles. The lowest BCUT2D eigenvalue weighted by Crippen LogP contribution is -2.40. The number of hydrogen-bond acceptors (Lipinski definition) is 3. The summed E-state index contributed by atoms with van der Waals surface area (Å²) in [7, 11) is 0. The van der Waals surface area contributed by atoms with Gasteiger partial charge in [-0.15, -0.1) is 0 Å². The second-order valence-corrected chi connectivity index (χ2v) is 5.44. The highest BCUT2D eigenvalue weighted by Crippen LogP contribution is 2.24. The lowest BCUT2D eigenvalue weighted by molar-refractivity contribution is -0.123. The van der Waals surface area contributed by atoms with Crippen molar-refractivity contribution in [3.63, 3.8) is 0 Å². The topological polar surface area (TPSA) is 62.3 Å². The van der Waals surface area contributed by atoms with E-state index < -0.39 is 0 Å². The molecule has 2 aromatic rings. The number of rotatable bonds is 5. The number of benzene rings is 1. The minimum Gasteiger partial charge on any atom is -0.349 e. The van der Waals surface area contributed by atoms with Crippen LogP contribution in [-0.4, -0.2) is 23.3 Å². The van der Waals surface area contributed by atoms with Gasteiger partial charge in [0.25, 0.3) is 0 Å². The van der Waals surface area contributed by atoms with Crippen molar-refractivity contribution in [1.29, 1.82) is 0 Å². The molecule has 120 valence electrons. The minimum absolute atomic E-state index is 0.00609. The maximum atomic E-state index is 12.2. The fourth-order valence-electron chi connectivity index (χ4n) is 2.47. The van der Waals surface area contributed by atoms with E-state index in [-0.39, 0.29) is 18.4 Å². The molecule has 23 heavy (non-hydrogen) atoms. The summed E-state index contributed by atoms with van der Waals surface area (Å²) in [6.07, 6.45) is 1.68. The molecule has 5 nitrogen and oxygen atoms in total. The van der Waals surface area contributed by atoms with Gasteiger partial charge in [-0.05, 0) is 37.1 Å². The maximum absolute atomic E-state index is 12.2. The van der Waals surface area contributed by atoms with Gasteiger partial charge in [0.2, 0.25) is 11.8 Å². The van der Waals surface area contributed by atoms with E-state index in [2.05, 4.69) is 10.3 Å². The van der Waals surface area contributed by atoms with Gasteiger partial charge in [0.05, 0.1) is 17.9 Å². The van der Waals surface area contributed by atoms with Crippen LogP contribution in [0.15, 0.2) is 42.6 Å². The Bertz CT molecular complexity index is 678.